The molecule has 1 aliphatic carbocycles. The van der Waals surface area contributed by atoms with E-state index in [1.54, 1.807) is 0 Å². The van der Waals surface area contributed by atoms with Gasteiger partial charge in [-0.2, -0.15) is 0 Å². The van der Waals surface area contributed by atoms with Gasteiger partial charge in [-0.1, -0.05) is 51.8 Å². The molecular weight excluding hydrogens is 220 g/mol. The van der Waals surface area contributed by atoms with Crippen LogP contribution in [0.5, 0.6) is 0 Å². The molecule has 1 aromatic carbocycles. The predicted molar refractivity (Wildman–Crippen MR) is 75.5 cm³/mol. The molecule has 1 heteroatoms. The Morgan fingerprint density at radius 2 is 1.67 bits per heavy atom. The molecule has 0 amide bonds. The van der Waals surface area contributed by atoms with Crippen LogP contribution in [0.1, 0.15) is 63.3 Å². The highest BCUT2D eigenvalue weighted by Gasteiger charge is 2.37. The number of hydrogen-bond acceptors (Lipinski definition) is 1. The maximum absolute atomic E-state index is 9.80. The Hall–Kier alpha value is -1.26. The van der Waals surface area contributed by atoms with Gasteiger partial charge in [0.05, 0.1) is 0 Å². The first kappa shape index (κ1) is 13.2. The SMILES string of the molecule is C#CC(O)c1ccc2c(c1)C(C)(C)CCC2(C)C. The number of fused-ring (bicyclic) bond motifs is 1. The Bertz CT molecular complexity index is 503. The molecule has 96 valence electrons. The summed E-state index contributed by atoms with van der Waals surface area (Å²) in [6, 6.07) is 6.21. The van der Waals surface area contributed by atoms with E-state index in [0.29, 0.717) is 0 Å². The zero-order valence-electron chi connectivity index (χ0n) is 11.7. The minimum atomic E-state index is -0.795. The Morgan fingerprint density at radius 1 is 1.11 bits per heavy atom. The van der Waals surface area contributed by atoms with Crippen LogP contribution in [0, 0.1) is 12.3 Å². The third-order valence-corrected chi connectivity index (χ3v) is 4.35. The van der Waals surface area contributed by atoms with E-state index in [9.17, 15) is 5.11 Å². The molecule has 0 fully saturated rings. The molecule has 0 spiro atoms. The first-order valence-electron chi connectivity index (χ1n) is 6.57. The van der Waals surface area contributed by atoms with E-state index in [4.69, 9.17) is 6.42 Å². The van der Waals surface area contributed by atoms with E-state index in [1.165, 1.54) is 24.0 Å². The average Bonchev–Trinajstić information content (AvgIpc) is 2.34. The van der Waals surface area contributed by atoms with Gasteiger partial charge in [-0.3, -0.25) is 0 Å². The zero-order valence-corrected chi connectivity index (χ0v) is 11.7. The van der Waals surface area contributed by atoms with Crippen LogP contribution in [-0.2, 0) is 10.8 Å². The molecule has 1 atom stereocenters. The van der Waals surface area contributed by atoms with Gasteiger partial charge in [0.15, 0.2) is 0 Å². The minimum absolute atomic E-state index is 0.162. The van der Waals surface area contributed by atoms with Gasteiger partial charge >= 0.3 is 0 Å². The zero-order chi connectivity index (χ0) is 13.6. The van der Waals surface area contributed by atoms with Crippen LogP contribution in [-0.4, -0.2) is 5.11 Å². The average molecular weight is 242 g/mol. The van der Waals surface area contributed by atoms with Crippen LogP contribution in [0.3, 0.4) is 0 Å². The minimum Gasteiger partial charge on any atom is -0.376 e. The molecule has 1 unspecified atom stereocenters. The van der Waals surface area contributed by atoms with Crippen molar-refractivity contribution in [3.05, 3.63) is 34.9 Å². The van der Waals surface area contributed by atoms with Crippen molar-refractivity contribution in [2.75, 3.05) is 0 Å². The topological polar surface area (TPSA) is 20.2 Å². The first-order chi connectivity index (χ1) is 8.28. The summed E-state index contributed by atoms with van der Waals surface area (Å²) in [5.74, 6) is 2.39. The van der Waals surface area contributed by atoms with Gasteiger partial charge < -0.3 is 5.11 Å². The highest BCUT2D eigenvalue weighted by Crippen LogP contribution is 2.46. The Kier molecular flexibility index (Phi) is 3.03. The van der Waals surface area contributed by atoms with Crippen LogP contribution in [0.4, 0.5) is 0 Å². The van der Waals surface area contributed by atoms with Crippen molar-refractivity contribution in [2.45, 2.75) is 57.5 Å². The molecule has 0 saturated carbocycles. The van der Waals surface area contributed by atoms with E-state index in [0.717, 1.165) is 5.56 Å². The van der Waals surface area contributed by atoms with Crippen LogP contribution in [0.25, 0.3) is 0 Å². The maximum atomic E-state index is 9.80. The van der Waals surface area contributed by atoms with Crippen molar-refractivity contribution in [2.24, 2.45) is 0 Å². The van der Waals surface area contributed by atoms with Crippen LogP contribution < -0.4 is 0 Å². The van der Waals surface area contributed by atoms with E-state index in [-0.39, 0.29) is 10.8 Å². The van der Waals surface area contributed by atoms with E-state index < -0.39 is 6.10 Å². The number of rotatable bonds is 1. The standard InChI is InChI=1S/C17H22O/c1-6-15(18)12-7-8-13-14(11-12)17(4,5)10-9-16(13,2)3/h1,7-8,11,15,18H,9-10H2,2-5H3. The van der Waals surface area contributed by atoms with Crippen molar-refractivity contribution in [3.8, 4) is 12.3 Å². The quantitative estimate of drug-likeness (QED) is 0.744. The van der Waals surface area contributed by atoms with Crippen LogP contribution in [0.15, 0.2) is 18.2 Å². The number of terminal acetylenes is 1. The first-order valence-corrected chi connectivity index (χ1v) is 6.57. The largest absolute Gasteiger partial charge is 0.376 e. The predicted octanol–water partition coefficient (Wildman–Crippen LogP) is 3.70. The maximum Gasteiger partial charge on any atom is 0.139 e. The second-order valence-electron chi connectivity index (χ2n) is 6.64. The lowest BCUT2D eigenvalue weighted by atomic mass is 9.63. The molecule has 0 heterocycles. The smallest absolute Gasteiger partial charge is 0.139 e. The molecule has 1 aliphatic rings. The van der Waals surface area contributed by atoms with Crippen LogP contribution in [0.2, 0.25) is 0 Å². The molecule has 18 heavy (non-hydrogen) atoms. The molecule has 2 rings (SSSR count). The van der Waals surface area contributed by atoms with E-state index in [2.05, 4.69) is 45.7 Å². The van der Waals surface area contributed by atoms with Gasteiger partial charge in [0.2, 0.25) is 0 Å². The summed E-state index contributed by atoms with van der Waals surface area (Å²) in [5, 5.41) is 9.80. The number of aliphatic hydroxyl groups is 1. The summed E-state index contributed by atoms with van der Waals surface area (Å²) >= 11 is 0. The number of benzene rings is 1. The van der Waals surface area contributed by atoms with Gasteiger partial charge in [-0.15, -0.1) is 6.42 Å². The normalized spacial score (nSPS) is 21.8. The summed E-state index contributed by atoms with van der Waals surface area (Å²) in [6.07, 6.45) is 6.87. The summed E-state index contributed by atoms with van der Waals surface area (Å²) in [6.45, 7) is 9.12. The van der Waals surface area contributed by atoms with Crippen molar-refractivity contribution >= 4 is 0 Å². The molecular formula is C17H22O. The summed E-state index contributed by atoms with van der Waals surface area (Å²) in [4.78, 5) is 0. The second-order valence-corrected chi connectivity index (χ2v) is 6.64. The second kappa shape index (κ2) is 4.14. The molecule has 0 bridgehead atoms. The Balaban J connectivity index is 2.59. The Labute approximate surface area is 110 Å². The number of hydrogen-bond donors (Lipinski definition) is 1. The molecule has 0 saturated heterocycles. The highest BCUT2D eigenvalue weighted by molar-refractivity contribution is 5.44. The molecule has 1 N–H and O–H groups in total. The molecule has 0 aliphatic heterocycles. The van der Waals surface area contributed by atoms with Crippen molar-refractivity contribution < 1.29 is 5.11 Å². The van der Waals surface area contributed by atoms with Crippen molar-refractivity contribution in [1.82, 2.24) is 0 Å². The van der Waals surface area contributed by atoms with Crippen molar-refractivity contribution in [1.29, 1.82) is 0 Å². The molecule has 0 radical (unpaired) electrons. The van der Waals surface area contributed by atoms with E-state index in [1.807, 2.05) is 6.07 Å². The van der Waals surface area contributed by atoms with E-state index >= 15 is 0 Å². The monoisotopic (exact) mass is 242 g/mol. The lowest BCUT2D eigenvalue weighted by Gasteiger charge is -2.42. The molecule has 1 nitrogen and oxygen atoms in total. The van der Waals surface area contributed by atoms with Gasteiger partial charge in [0.25, 0.3) is 0 Å². The summed E-state index contributed by atoms with van der Waals surface area (Å²) in [5.41, 5.74) is 3.94. The summed E-state index contributed by atoms with van der Waals surface area (Å²) in [7, 11) is 0. The van der Waals surface area contributed by atoms with Crippen LogP contribution >= 0.6 is 0 Å². The highest BCUT2D eigenvalue weighted by atomic mass is 16.3. The lowest BCUT2D eigenvalue weighted by Crippen LogP contribution is -2.34. The fourth-order valence-corrected chi connectivity index (χ4v) is 2.87. The van der Waals surface area contributed by atoms with Gasteiger partial charge in [-0.05, 0) is 40.4 Å². The van der Waals surface area contributed by atoms with Crippen molar-refractivity contribution in [3.63, 3.8) is 0 Å². The van der Waals surface area contributed by atoms with Gasteiger partial charge in [0.1, 0.15) is 6.10 Å². The molecule has 1 aromatic rings. The fourth-order valence-electron chi connectivity index (χ4n) is 2.87. The number of aliphatic hydroxyl groups excluding tert-OH is 1. The fraction of sp³-hybridized carbons (Fsp3) is 0.529. The lowest BCUT2D eigenvalue weighted by molar-refractivity contribution is 0.237. The third kappa shape index (κ3) is 2.06. The van der Waals surface area contributed by atoms with Gasteiger partial charge in [-0.25, -0.2) is 0 Å². The molecule has 0 aromatic heterocycles. The van der Waals surface area contributed by atoms with Gasteiger partial charge in [0, 0.05) is 0 Å². The third-order valence-electron chi connectivity index (χ3n) is 4.35. The summed E-state index contributed by atoms with van der Waals surface area (Å²) < 4.78 is 0. The Morgan fingerprint density at radius 3 is 2.22 bits per heavy atom.